The third-order valence-corrected chi connectivity index (χ3v) is 9.54. The third kappa shape index (κ3) is 46.6. The lowest BCUT2D eigenvalue weighted by Gasteiger charge is -2.18. The lowest BCUT2D eigenvalue weighted by Crippen LogP contribution is -2.30. The Bertz CT molecular complexity index is 1400. The Labute approximate surface area is 379 Å². The summed E-state index contributed by atoms with van der Waals surface area (Å²) in [5, 5.41) is 0. The molecule has 6 heteroatoms. The second-order valence-electron chi connectivity index (χ2n) is 15.4. The fourth-order valence-corrected chi connectivity index (χ4v) is 5.97. The van der Waals surface area contributed by atoms with Gasteiger partial charge in [0, 0.05) is 19.3 Å². The molecule has 1 unspecified atom stereocenters. The van der Waals surface area contributed by atoms with Crippen LogP contribution in [0.1, 0.15) is 181 Å². The first-order valence-corrected chi connectivity index (χ1v) is 24.3. The van der Waals surface area contributed by atoms with Crippen LogP contribution in [-0.2, 0) is 28.6 Å². The Kier molecular flexibility index (Phi) is 45.7. The number of rotatable bonds is 41. The Morgan fingerprint density at radius 2 is 0.661 bits per heavy atom. The minimum Gasteiger partial charge on any atom is -0.462 e. The van der Waals surface area contributed by atoms with Crippen LogP contribution in [0.3, 0.4) is 0 Å². The van der Waals surface area contributed by atoms with Crippen LogP contribution in [0.2, 0.25) is 0 Å². The van der Waals surface area contributed by atoms with Gasteiger partial charge in [0.25, 0.3) is 0 Å². The number of esters is 3. The second kappa shape index (κ2) is 49.2. The van der Waals surface area contributed by atoms with Gasteiger partial charge >= 0.3 is 17.9 Å². The van der Waals surface area contributed by atoms with Gasteiger partial charge in [-0.15, -0.1) is 0 Å². The fraction of sp³-hybridized carbons (Fsp3) is 0.554. The molecular formula is C56H86O6. The molecule has 0 rings (SSSR count). The van der Waals surface area contributed by atoms with E-state index in [-0.39, 0.29) is 31.1 Å². The van der Waals surface area contributed by atoms with E-state index in [1.807, 2.05) is 36.5 Å². The third-order valence-electron chi connectivity index (χ3n) is 9.54. The van der Waals surface area contributed by atoms with Crippen LogP contribution >= 0.6 is 0 Å². The van der Waals surface area contributed by atoms with Crippen molar-refractivity contribution < 1.29 is 28.6 Å². The minimum absolute atomic E-state index is 0.118. The van der Waals surface area contributed by atoms with E-state index in [9.17, 15) is 14.4 Å². The molecule has 62 heavy (non-hydrogen) atoms. The van der Waals surface area contributed by atoms with Crippen LogP contribution in [0, 0.1) is 0 Å². The Balaban J connectivity index is 4.55. The lowest BCUT2D eigenvalue weighted by molar-refractivity contribution is -0.167. The van der Waals surface area contributed by atoms with Gasteiger partial charge in [0.15, 0.2) is 6.10 Å². The van der Waals surface area contributed by atoms with Crippen molar-refractivity contribution in [3.8, 4) is 0 Å². The summed E-state index contributed by atoms with van der Waals surface area (Å²) in [6, 6.07) is 0. The maximum atomic E-state index is 12.8. The average molecular weight is 855 g/mol. The smallest absolute Gasteiger partial charge is 0.306 e. The van der Waals surface area contributed by atoms with Crippen molar-refractivity contribution in [2.24, 2.45) is 0 Å². The highest BCUT2D eigenvalue weighted by molar-refractivity contribution is 5.71. The molecular weight excluding hydrogens is 769 g/mol. The number of hydrogen-bond donors (Lipinski definition) is 0. The van der Waals surface area contributed by atoms with Crippen molar-refractivity contribution in [3.05, 3.63) is 134 Å². The van der Waals surface area contributed by atoms with E-state index in [1.165, 1.54) is 19.3 Å². The Morgan fingerprint density at radius 1 is 0.339 bits per heavy atom. The molecule has 0 saturated heterocycles. The van der Waals surface area contributed by atoms with Crippen molar-refractivity contribution in [2.45, 2.75) is 187 Å². The first-order chi connectivity index (χ1) is 30.5. The van der Waals surface area contributed by atoms with Gasteiger partial charge in [-0.25, -0.2) is 0 Å². The van der Waals surface area contributed by atoms with Crippen molar-refractivity contribution in [3.63, 3.8) is 0 Å². The van der Waals surface area contributed by atoms with Crippen LogP contribution in [0.15, 0.2) is 134 Å². The molecule has 0 heterocycles. The summed E-state index contributed by atoms with van der Waals surface area (Å²) >= 11 is 0. The van der Waals surface area contributed by atoms with E-state index in [2.05, 4.69) is 118 Å². The molecule has 0 amide bonds. The van der Waals surface area contributed by atoms with Gasteiger partial charge in [-0.05, 0) is 96.3 Å². The maximum Gasteiger partial charge on any atom is 0.306 e. The van der Waals surface area contributed by atoms with Crippen molar-refractivity contribution in [2.75, 3.05) is 13.2 Å². The van der Waals surface area contributed by atoms with E-state index < -0.39 is 6.10 Å². The summed E-state index contributed by atoms with van der Waals surface area (Å²) in [7, 11) is 0. The summed E-state index contributed by atoms with van der Waals surface area (Å²) in [4.78, 5) is 37.9. The zero-order valence-corrected chi connectivity index (χ0v) is 39.3. The van der Waals surface area contributed by atoms with Crippen molar-refractivity contribution in [1.82, 2.24) is 0 Å². The molecule has 1 atom stereocenters. The van der Waals surface area contributed by atoms with E-state index in [1.54, 1.807) is 0 Å². The van der Waals surface area contributed by atoms with E-state index >= 15 is 0 Å². The quantitative estimate of drug-likeness (QED) is 0.0200. The lowest BCUT2D eigenvalue weighted by atomic mass is 10.1. The van der Waals surface area contributed by atoms with E-state index in [4.69, 9.17) is 14.2 Å². The monoisotopic (exact) mass is 855 g/mol. The fourth-order valence-electron chi connectivity index (χ4n) is 5.97. The van der Waals surface area contributed by atoms with Crippen LogP contribution < -0.4 is 0 Å². The predicted molar refractivity (Wildman–Crippen MR) is 265 cm³/mol. The number of carbonyl (C=O) groups is 3. The Hall–Kier alpha value is -4.45. The molecule has 0 aliphatic rings. The molecule has 0 aromatic rings. The molecule has 6 nitrogen and oxygen atoms in total. The van der Waals surface area contributed by atoms with Crippen LogP contribution in [0.25, 0.3) is 0 Å². The maximum absolute atomic E-state index is 12.8. The summed E-state index contributed by atoms with van der Waals surface area (Å²) < 4.78 is 16.7. The molecule has 0 spiro atoms. The normalized spacial score (nSPS) is 13.3. The van der Waals surface area contributed by atoms with Gasteiger partial charge in [0.2, 0.25) is 0 Å². The van der Waals surface area contributed by atoms with Crippen LogP contribution in [-0.4, -0.2) is 37.2 Å². The molecule has 0 aliphatic carbocycles. The van der Waals surface area contributed by atoms with Crippen LogP contribution in [0.4, 0.5) is 0 Å². The summed E-state index contributed by atoms with van der Waals surface area (Å²) in [6.45, 7) is 6.15. The standard InChI is InChI=1S/C56H86O6/c1-4-7-10-13-16-19-22-25-27-29-31-34-37-40-43-46-49-55(58)61-52-53(51-60-54(57)48-45-42-39-36-33-30-24-21-18-15-12-9-6-3)62-56(59)50-47-44-41-38-35-32-28-26-23-20-17-14-11-8-5-2/h7-12,14-21,23-25,27,30-31,33-34,53H,4-6,13,22,26,28-29,32,35-52H2,1-3H3/b10-7-,11-8-,12-9-,17-14-,18-15-,19-16-,23-20-,24-21-,27-25-,33-30-,34-31-. The highest BCUT2D eigenvalue weighted by atomic mass is 16.6. The predicted octanol–water partition coefficient (Wildman–Crippen LogP) is 15.9. The molecule has 0 radical (unpaired) electrons. The number of unbranched alkanes of at least 4 members (excludes halogenated alkanes) is 13. The number of ether oxygens (including phenoxy) is 3. The summed E-state index contributed by atoms with van der Waals surface area (Å²) in [5.74, 6) is -1.01. The largest absolute Gasteiger partial charge is 0.462 e. The van der Waals surface area contributed by atoms with Crippen LogP contribution in [0.5, 0.6) is 0 Å². The van der Waals surface area contributed by atoms with E-state index in [0.29, 0.717) is 19.3 Å². The van der Waals surface area contributed by atoms with E-state index in [0.717, 1.165) is 122 Å². The average Bonchev–Trinajstić information content (AvgIpc) is 3.27. The van der Waals surface area contributed by atoms with Gasteiger partial charge in [-0.1, -0.05) is 199 Å². The first kappa shape index (κ1) is 57.5. The highest BCUT2D eigenvalue weighted by Gasteiger charge is 2.19. The molecule has 0 bridgehead atoms. The van der Waals surface area contributed by atoms with Gasteiger partial charge in [0.05, 0.1) is 0 Å². The second-order valence-corrected chi connectivity index (χ2v) is 15.4. The zero-order valence-electron chi connectivity index (χ0n) is 39.3. The molecule has 0 fully saturated rings. The zero-order chi connectivity index (χ0) is 45.1. The van der Waals surface area contributed by atoms with Gasteiger partial charge in [0.1, 0.15) is 13.2 Å². The Morgan fingerprint density at radius 3 is 1.11 bits per heavy atom. The SMILES string of the molecule is CC\C=C/C=C\C=C/C=C\CCCCCC(=O)OCC(COC(=O)CCCCC/C=C\C/C=C\C/C=C\C/C=C\CC)OC(=O)CCCCCCCCC\C=C/C=C\C=C/CC. The molecule has 0 aromatic carbocycles. The summed E-state index contributed by atoms with van der Waals surface area (Å²) in [6.07, 6.45) is 68.6. The number of carbonyl (C=O) groups excluding carboxylic acids is 3. The first-order valence-electron chi connectivity index (χ1n) is 24.3. The number of allylic oxidation sites excluding steroid dienone is 22. The molecule has 0 saturated carbocycles. The van der Waals surface area contributed by atoms with Crippen molar-refractivity contribution >= 4 is 17.9 Å². The van der Waals surface area contributed by atoms with Gasteiger partial charge < -0.3 is 14.2 Å². The van der Waals surface area contributed by atoms with Crippen molar-refractivity contribution in [1.29, 1.82) is 0 Å². The number of hydrogen-bond acceptors (Lipinski definition) is 6. The van der Waals surface area contributed by atoms with Gasteiger partial charge in [-0.2, -0.15) is 0 Å². The molecule has 346 valence electrons. The molecule has 0 aromatic heterocycles. The highest BCUT2D eigenvalue weighted by Crippen LogP contribution is 2.13. The minimum atomic E-state index is -0.818. The molecule has 0 aliphatic heterocycles. The topological polar surface area (TPSA) is 78.9 Å². The van der Waals surface area contributed by atoms with Gasteiger partial charge in [-0.3, -0.25) is 14.4 Å². The summed E-state index contributed by atoms with van der Waals surface area (Å²) in [5.41, 5.74) is 0. The molecule has 0 N–H and O–H groups in total.